The number of carboxylic acids is 1. The smallest absolute Gasteiger partial charge is 0.330 e. The normalized spacial score (nSPS) is 18.5. The first-order valence-electron chi connectivity index (χ1n) is 7.31. The Morgan fingerprint density at radius 3 is 2.78 bits per heavy atom. The molecule has 0 bridgehead atoms. The molecule has 7 heteroatoms. The number of rotatable bonds is 5. The molecule has 1 amide bonds. The maximum absolute atomic E-state index is 12.3. The van der Waals surface area contributed by atoms with Crippen molar-refractivity contribution in [3.8, 4) is 0 Å². The molecule has 0 radical (unpaired) electrons. The molecule has 2 heterocycles. The maximum Gasteiger partial charge on any atom is 0.330 e. The minimum Gasteiger partial charge on any atom is -0.479 e. The summed E-state index contributed by atoms with van der Waals surface area (Å²) in [6, 6.07) is 7.48. The topological polar surface area (TPSA) is 88.5 Å². The van der Waals surface area contributed by atoms with Gasteiger partial charge < -0.3 is 15.2 Å². The Labute approximate surface area is 137 Å². The lowest BCUT2D eigenvalue weighted by Crippen LogP contribution is -2.33. The second-order valence-corrected chi connectivity index (χ2v) is 6.12. The largest absolute Gasteiger partial charge is 0.479 e. The number of amides is 1. The Kier molecular flexibility index (Phi) is 4.68. The Balaban J connectivity index is 1.73. The summed E-state index contributed by atoms with van der Waals surface area (Å²) in [7, 11) is 0. The van der Waals surface area contributed by atoms with Gasteiger partial charge in [-0.25, -0.2) is 9.78 Å². The molecule has 3 rings (SSSR count). The van der Waals surface area contributed by atoms with Gasteiger partial charge in [0.1, 0.15) is 16.8 Å². The standard InChI is InChI=1S/C16H16N2O4S/c19-14(11-9-23-15(17-11)12-7-4-8-22-12)18-13(16(20)21)10-5-2-1-3-6-10/h1-3,5-6,9,12-13H,4,7-8H2,(H,18,19)(H,20,21). The van der Waals surface area contributed by atoms with Crippen LogP contribution in [0.25, 0.3) is 0 Å². The lowest BCUT2D eigenvalue weighted by Gasteiger charge is -2.14. The van der Waals surface area contributed by atoms with Crippen LogP contribution in [0.1, 0.15) is 46.0 Å². The first-order valence-corrected chi connectivity index (χ1v) is 8.19. The highest BCUT2D eigenvalue weighted by atomic mass is 32.1. The lowest BCUT2D eigenvalue weighted by atomic mass is 10.1. The highest BCUT2D eigenvalue weighted by molar-refractivity contribution is 7.09. The van der Waals surface area contributed by atoms with Crippen LogP contribution in [0.2, 0.25) is 0 Å². The summed E-state index contributed by atoms with van der Waals surface area (Å²) in [6.07, 6.45) is 1.84. The zero-order valence-corrected chi connectivity index (χ0v) is 13.1. The molecule has 0 aliphatic carbocycles. The van der Waals surface area contributed by atoms with Crippen molar-refractivity contribution in [1.29, 1.82) is 0 Å². The average Bonchev–Trinajstić information content (AvgIpc) is 3.23. The zero-order chi connectivity index (χ0) is 16.2. The van der Waals surface area contributed by atoms with E-state index in [-0.39, 0.29) is 11.8 Å². The number of ether oxygens (including phenoxy) is 1. The Bertz CT molecular complexity index is 695. The van der Waals surface area contributed by atoms with Crippen LogP contribution in [0.15, 0.2) is 35.7 Å². The number of hydrogen-bond acceptors (Lipinski definition) is 5. The quantitative estimate of drug-likeness (QED) is 0.878. The number of carbonyl (C=O) groups excluding carboxylic acids is 1. The molecule has 0 saturated carbocycles. The van der Waals surface area contributed by atoms with Gasteiger partial charge in [0, 0.05) is 12.0 Å². The first kappa shape index (κ1) is 15.6. The fourth-order valence-corrected chi connectivity index (χ4v) is 3.33. The minimum absolute atomic E-state index is 0.0501. The lowest BCUT2D eigenvalue weighted by molar-refractivity contribution is -0.139. The number of carboxylic acid groups (broad SMARTS) is 1. The number of aromatic nitrogens is 1. The van der Waals surface area contributed by atoms with Gasteiger partial charge in [0.2, 0.25) is 0 Å². The van der Waals surface area contributed by atoms with Gasteiger partial charge in [0.25, 0.3) is 5.91 Å². The molecule has 1 saturated heterocycles. The third kappa shape index (κ3) is 3.57. The minimum atomic E-state index is -1.11. The van der Waals surface area contributed by atoms with Crippen LogP contribution in [0, 0.1) is 0 Å². The van der Waals surface area contributed by atoms with Crippen LogP contribution < -0.4 is 5.32 Å². The van der Waals surface area contributed by atoms with Crippen LogP contribution in [0.5, 0.6) is 0 Å². The molecule has 1 aromatic heterocycles. The molecule has 1 fully saturated rings. The summed E-state index contributed by atoms with van der Waals surface area (Å²) < 4.78 is 5.54. The second kappa shape index (κ2) is 6.89. The molecule has 6 nitrogen and oxygen atoms in total. The SMILES string of the molecule is O=C(NC(C(=O)O)c1ccccc1)c1csc(C2CCCO2)n1. The van der Waals surface area contributed by atoms with E-state index in [2.05, 4.69) is 10.3 Å². The summed E-state index contributed by atoms with van der Waals surface area (Å²) >= 11 is 1.36. The van der Waals surface area contributed by atoms with Gasteiger partial charge in [0.15, 0.2) is 6.04 Å². The van der Waals surface area contributed by atoms with E-state index in [1.165, 1.54) is 11.3 Å². The fourth-order valence-electron chi connectivity index (χ4n) is 2.45. The number of thiazole rings is 1. The molecule has 2 aromatic rings. The van der Waals surface area contributed by atoms with Gasteiger partial charge in [-0.3, -0.25) is 4.79 Å². The molecule has 23 heavy (non-hydrogen) atoms. The molecule has 2 atom stereocenters. The van der Waals surface area contributed by atoms with E-state index in [1.807, 2.05) is 0 Å². The van der Waals surface area contributed by atoms with Gasteiger partial charge in [0.05, 0.1) is 0 Å². The van der Waals surface area contributed by atoms with Gasteiger partial charge in [-0.1, -0.05) is 30.3 Å². The molecule has 120 valence electrons. The predicted octanol–water partition coefficient (Wildman–Crippen LogP) is 2.55. The van der Waals surface area contributed by atoms with Crippen molar-refractivity contribution in [2.24, 2.45) is 0 Å². The Morgan fingerprint density at radius 1 is 1.35 bits per heavy atom. The van der Waals surface area contributed by atoms with Crippen molar-refractivity contribution in [1.82, 2.24) is 10.3 Å². The number of carbonyl (C=O) groups is 2. The summed E-state index contributed by atoms with van der Waals surface area (Å²) in [5, 5.41) is 14.3. The van der Waals surface area contributed by atoms with Crippen molar-refractivity contribution in [2.75, 3.05) is 6.61 Å². The second-order valence-electron chi connectivity index (χ2n) is 5.23. The van der Waals surface area contributed by atoms with Gasteiger partial charge in [-0.05, 0) is 18.4 Å². The van der Waals surface area contributed by atoms with E-state index in [0.29, 0.717) is 12.2 Å². The number of nitrogens with one attached hydrogen (secondary N) is 1. The summed E-state index contributed by atoms with van der Waals surface area (Å²) in [5.74, 6) is -1.61. The predicted molar refractivity (Wildman–Crippen MR) is 84.3 cm³/mol. The Morgan fingerprint density at radius 2 is 2.13 bits per heavy atom. The monoisotopic (exact) mass is 332 g/mol. The highest BCUT2D eigenvalue weighted by Crippen LogP contribution is 2.30. The van der Waals surface area contributed by atoms with Gasteiger partial charge in [-0.2, -0.15) is 0 Å². The van der Waals surface area contributed by atoms with Gasteiger partial charge in [-0.15, -0.1) is 11.3 Å². The molecule has 1 aromatic carbocycles. The Hall–Kier alpha value is -2.25. The van der Waals surface area contributed by atoms with Crippen molar-refractivity contribution in [2.45, 2.75) is 25.0 Å². The molecular weight excluding hydrogens is 316 g/mol. The summed E-state index contributed by atoms with van der Waals surface area (Å²) in [6.45, 7) is 0.709. The molecule has 1 aliphatic heterocycles. The number of benzene rings is 1. The number of nitrogens with zero attached hydrogens (tertiary/aromatic N) is 1. The zero-order valence-electron chi connectivity index (χ0n) is 12.3. The first-order chi connectivity index (χ1) is 11.1. The van der Waals surface area contributed by atoms with E-state index >= 15 is 0 Å². The van der Waals surface area contributed by atoms with Crippen LogP contribution in [-0.4, -0.2) is 28.6 Å². The van der Waals surface area contributed by atoms with E-state index in [1.54, 1.807) is 35.7 Å². The molecule has 0 spiro atoms. The third-order valence-electron chi connectivity index (χ3n) is 3.61. The van der Waals surface area contributed by atoms with Crippen molar-refractivity contribution >= 4 is 23.2 Å². The average molecular weight is 332 g/mol. The van der Waals surface area contributed by atoms with E-state index in [9.17, 15) is 14.7 Å². The molecule has 2 unspecified atom stereocenters. The van der Waals surface area contributed by atoms with Crippen molar-refractivity contribution in [3.05, 3.63) is 52.0 Å². The van der Waals surface area contributed by atoms with E-state index in [4.69, 9.17) is 4.74 Å². The third-order valence-corrected chi connectivity index (χ3v) is 4.55. The van der Waals surface area contributed by atoms with E-state index < -0.39 is 17.9 Å². The molecule has 2 N–H and O–H groups in total. The highest BCUT2D eigenvalue weighted by Gasteiger charge is 2.26. The van der Waals surface area contributed by atoms with Crippen LogP contribution in [0.3, 0.4) is 0 Å². The molecular formula is C16H16N2O4S. The van der Waals surface area contributed by atoms with Crippen molar-refractivity contribution in [3.63, 3.8) is 0 Å². The molecule has 1 aliphatic rings. The fraction of sp³-hybridized carbons (Fsp3) is 0.312. The number of hydrogen-bond donors (Lipinski definition) is 2. The van der Waals surface area contributed by atoms with Crippen molar-refractivity contribution < 1.29 is 19.4 Å². The summed E-state index contributed by atoms with van der Waals surface area (Å²) in [4.78, 5) is 28.0. The van der Waals surface area contributed by atoms with E-state index in [0.717, 1.165) is 17.8 Å². The van der Waals surface area contributed by atoms with Gasteiger partial charge >= 0.3 is 5.97 Å². The van der Waals surface area contributed by atoms with Crippen LogP contribution in [-0.2, 0) is 9.53 Å². The van der Waals surface area contributed by atoms with Crippen LogP contribution >= 0.6 is 11.3 Å². The maximum atomic E-state index is 12.3. The number of aliphatic carboxylic acids is 1. The summed E-state index contributed by atoms with van der Waals surface area (Å²) in [5.41, 5.74) is 0.741. The van der Waals surface area contributed by atoms with Crippen LogP contribution in [0.4, 0.5) is 0 Å².